The lowest BCUT2D eigenvalue weighted by molar-refractivity contribution is 0.234. The molecule has 5 heteroatoms. The largest absolute Gasteiger partial charge is 0.394 e. The Balaban J connectivity index is 2.14. The number of aromatic nitrogens is 2. The average molecular weight is 313 g/mol. The smallest absolute Gasteiger partial charge is 0.139 e. The van der Waals surface area contributed by atoms with E-state index >= 15 is 0 Å². The number of thiophene rings is 1. The zero-order chi connectivity index (χ0) is 15.7. The van der Waals surface area contributed by atoms with Gasteiger partial charge in [0.25, 0.3) is 0 Å². The molecule has 1 aromatic carbocycles. The molecule has 2 heterocycles. The van der Waals surface area contributed by atoms with E-state index in [-0.39, 0.29) is 6.61 Å². The predicted molar refractivity (Wildman–Crippen MR) is 92.4 cm³/mol. The van der Waals surface area contributed by atoms with Gasteiger partial charge in [-0.05, 0) is 26.3 Å². The van der Waals surface area contributed by atoms with Crippen molar-refractivity contribution in [2.45, 2.75) is 26.3 Å². The Kier molecular flexibility index (Phi) is 3.85. The molecule has 22 heavy (non-hydrogen) atoms. The lowest BCUT2D eigenvalue weighted by atomic mass is 10.0. The molecule has 0 atom stereocenters. The Morgan fingerprint density at radius 1 is 1.18 bits per heavy atom. The van der Waals surface area contributed by atoms with Crippen LogP contribution in [0.15, 0.2) is 36.0 Å². The second kappa shape index (κ2) is 5.66. The van der Waals surface area contributed by atoms with E-state index in [0.717, 1.165) is 27.2 Å². The molecule has 3 rings (SSSR count). The molecule has 0 bridgehead atoms. The molecule has 0 aliphatic carbocycles. The molecule has 3 aromatic rings. The summed E-state index contributed by atoms with van der Waals surface area (Å²) in [4.78, 5) is 9.70. The molecule has 0 aliphatic rings. The minimum Gasteiger partial charge on any atom is -0.394 e. The summed E-state index contributed by atoms with van der Waals surface area (Å²) in [5.74, 6) is 0.765. The second-order valence-electron chi connectivity index (χ2n) is 6.08. The van der Waals surface area contributed by atoms with Crippen LogP contribution in [-0.4, -0.2) is 27.2 Å². The highest BCUT2D eigenvalue weighted by Crippen LogP contribution is 2.37. The van der Waals surface area contributed by atoms with Gasteiger partial charge >= 0.3 is 0 Å². The van der Waals surface area contributed by atoms with Crippen LogP contribution in [0, 0.1) is 6.92 Å². The van der Waals surface area contributed by atoms with Crippen LogP contribution in [0.1, 0.15) is 19.4 Å². The van der Waals surface area contributed by atoms with Crippen molar-refractivity contribution in [3.8, 4) is 11.1 Å². The Morgan fingerprint density at radius 3 is 2.59 bits per heavy atom. The van der Waals surface area contributed by atoms with Gasteiger partial charge in [0.1, 0.15) is 17.0 Å². The number of hydrogen-bond donors (Lipinski definition) is 2. The maximum absolute atomic E-state index is 9.49. The van der Waals surface area contributed by atoms with Gasteiger partial charge in [-0.3, -0.25) is 0 Å². The number of fused-ring (bicyclic) bond motifs is 1. The average Bonchev–Trinajstić information content (AvgIpc) is 2.93. The second-order valence-corrected chi connectivity index (χ2v) is 6.94. The molecule has 0 fully saturated rings. The van der Waals surface area contributed by atoms with E-state index in [1.165, 1.54) is 5.56 Å². The van der Waals surface area contributed by atoms with E-state index in [2.05, 4.69) is 51.9 Å². The first-order valence-corrected chi connectivity index (χ1v) is 8.06. The lowest BCUT2D eigenvalue weighted by Crippen LogP contribution is -2.35. The summed E-state index contributed by atoms with van der Waals surface area (Å²) in [5, 5.41) is 15.9. The monoisotopic (exact) mass is 313 g/mol. The molecule has 0 saturated carbocycles. The number of anilines is 1. The van der Waals surface area contributed by atoms with E-state index in [1.807, 2.05) is 13.8 Å². The van der Waals surface area contributed by atoms with Gasteiger partial charge in [-0.25, -0.2) is 9.97 Å². The van der Waals surface area contributed by atoms with Crippen molar-refractivity contribution in [2.24, 2.45) is 0 Å². The van der Waals surface area contributed by atoms with Gasteiger partial charge in [0.05, 0.1) is 17.5 Å². The Hall–Kier alpha value is -1.98. The fraction of sp³-hybridized carbons (Fsp3) is 0.294. The number of rotatable bonds is 4. The summed E-state index contributed by atoms with van der Waals surface area (Å²) < 4.78 is 0. The maximum atomic E-state index is 9.49. The summed E-state index contributed by atoms with van der Waals surface area (Å²) in [5.41, 5.74) is 3.07. The molecular weight excluding hydrogens is 294 g/mol. The Bertz CT molecular complexity index is 793. The normalized spacial score (nSPS) is 11.8. The predicted octanol–water partition coefficient (Wildman–Crippen LogP) is 3.85. The standard InChI is InChI=1S/C17H19N3OS/c1-11-4-6-12(7-5-11)13-8-22-16-14(13)15(18-10-19-16)20-17(2,3)9-21/h4-8,10,21H,9H2,1-3H3,(H,18,19,20). The molecule has 0 amide bonds. The van der Waals surface area contributed by atoms with Crippen molar-refractivity contribution in [1.29, 1.82) is 0 Å². The number of nitrogens with one attached hydrogen (secondary N) is 1. The zero-order valence-corrected chi connectivity index (χ0v) is 13.7. The topological polar surface area (TPSA) is 58.0 Å². The van der Waals surface area contributed by atoms with E-state index in [1.54, 1.807) is 17.7 Å². The molecule has 4 nitrogen and oxygen atoms in total. The van der Waals surface area contributed by atoms with Gasteiger partial charge < -0.3 is 10.4 Å². The molecule has 0 radical (unpaired) electrons. The number of nitrogens with zero attached hydrogens (tertiary/aromatic N) is 2. The first-order valence-electron chi connectivity index (χ1n) is 7.18. The summed E-state index contributed by atoms with van der Waals surface area (Å²) in [6, 6.07) is 8.44. The van der Waals surface area contributed by atoms with E-state index in [9.17, 15) is 5.11 Å². The highest BCUT2D eigenvalue weighted by molar-refractivity contribution is 7.17. The van der Waals surface area contributed by atoms with E-state index in [0.29, 0.717) is 0 Å². The Labute approximate surface area is 133 Å². The number of aliphatic hydroxyl groups is 1. The first kappa shape index (κ1) is 14.9. The van der Waals surface area contributed by atoms with Crippen LogP contribution in [0.4, 0.5) is 5.82 Å². The molecule has 0 unspecified atom stereocenters. The van der Waals surface area contributed by atoms with Crippen molar-refractivity contribution >= 4 is 27.4 Å². The third-order valence-electron chi connectivity index (χ3n) is 3.58. The van der Waals surface area contributed by atoms with Gasteiger partial charge in [0.2, 0.25) is 0 Å². The van der Waals surface area contributed by atoms with Gasteiger partial charge in [-0.2, -0.15) is 0 Å². The molecule has 114 valence electrons. The van der Waals surface area contributed by atoms with Gasteiger partial charge in [0, 0.05) is 10.9 Å². The number of aryl methyl sites for hydroxylation is 1. The highest BCUT2D eigenvalue weighted by Gasteiger charge is 2.20. The zero-order valence-electron chi connectivity index (χ0n) is 12.9. The maximum Gasteiger partial charge on any atom is 0.139 e. The van der Waals surface area contributed by atoms with Crippen LogP contribution in [-0.2, 0) is 0 Å². The summed E-state index contributed by atoms with van der Waals surface area (Å²) in [7, 11) is 0. The lowest BCUT2D eigenvalue weighted by Gasteiger charge is -2.24. The first-order chi connectivity index (χ1) is 10.5. The van der Waals surface area contributed by atoms with Crippen molar-refractivity contribution < 1.29 is 5.11 Å². The van der Waals surface area contributed by atoms with Crippen LogP contribution in [0.2, 0.25) is 0 Å². The third kappa shape index (κ3) is 2.82. The van der Waals surface area contributed by atoms with Crippen LogP contribution < -0.4 is 5.32 Å². The molecule has 0 saturated heterocycles. The van der Waals surface area contributed by atoms with Gasteiger partial charge in [-0.1, -0.05) is 29.8 Å². The molecular formula is C17H19N3OS. The highest BCUT2D eigenvalue weighted by atomic mass is 32.1. The van der Waals surface area contributed by atoms with E-state index < -0.39 is 5.54 Å². The SMILES string of the molecule is Cc1ccc(-c2csc3ncnc(NC(C)(C)CO)c23)cc1. The fourth-order valence-corrected chi connectivity index (χ4v) is 3.19. The number of benzene rings is 1. The fourth-order valence-electron chi connectivity index (χ4n) is 2.28. The summed E-state index contributed by atoms with van der Waals surface area (Å²) in [6.07, 6.45) is 1.56. The minimum absolute atomic E-state index is 0.0303. The van der Waals surface area contributed by atoms with Crippen LogP contribution in [0.25, 0.3) is 21.3 Å². The summed E-state index contributed by atoms with van der Waals surface area (Å²) >= 11 is 1.61. The van der Waals surface area contributed by atoms with Crippen molar-refractivity contribution in [3.63, 3.8) is 0 Å². The van der Waals surface area contributed by atoms with Crippen LogP contribution >= 0.6 is 11.3 Å². The minimum atomic E-state index is -0.437. The third-order valence-corrected chi connectivity index (χ3v) is 4.47. The van der Waals surface area contributed by atoms with Crippen LogP contribution in [0.5, 0.6) is 0 Å². The quantitative estimate of drug-likeness (QED) is 0.768. The van der Waals surface area contributed by atoms with E-state index in [4.69, 9.17) is 0 Å². The van der Waals surface area contributed by atoms with Crippen molar-refractivity contribution in [3.05, 3.63) is 41.5 Å². The van der Waals surface area contributed by atoms with Gasteiger partial charge in [-0.15, -0.1) is 11.3 Å². The number of aliphatic hydroxyl groups excluding tert-OH is 1. The molecule has 2 N–H and O–H groups in total. The Morgan fingerprint density at radius 2 is 1.91 bits per heavy atom. The van der Waals surface area contributed by atoms with Crippen LogP contribution in [0.3, 0.4) is 0 Å². The van der Waals surface area contributed by atoms with Crippen molar-refractivity contribution in [1.82, 2.24) is 9.97 Å². The number of hydrogen-bond acceptors (Lipinski definition) is 5. The summed E-state index contributed by atoms with van der Waals surface area (Å²) in [6.45, 7) is 6.00. The van der Waals surface area contributed by atoms with Gasteiger partial charge in [0.15, 0.2) is 0 Å². The molecule has 2 aromatic heterocycles. The molecule has 0 spiro atoms. The van der Waals surface area contributed by atoms with Crippen molar-refractivity contribution in [2.75, 3.05) is 11.9 Å². The molecule has 0 aliphatic heterocycles.